The first-order chi connectivity index (χ1) is 9.25. The summed E-state index contributed by atoms with van der Waals surface area (Å²) in [5.74, 6) is 1.61. The SMILES string of the molecule is CC(C)c1nc(N)cc(Cc2nc(C(C)(C)C)cs2)n1. The van der Waals surface area contributed by atoms with E-state index in [4.69, 9.17) is 10.7 Å². The van der Waals surface area contributed by atoms with Crippen LogP contribution in [0.3, 0.4) is 0 Å². The van der Waals surface area contributed by atoms with E-state index in [0.717, 1.165) is 22.2 Å². The molecule has 0 atom stereocenters. The van der Waals surface area contributed by atoms with Crippen LogP contribution >= 0.6 is 11.3 Å². The van der Waals surface area contributed by atoms with E-state index in [1.165, 1.54) is 0 Å². The lowest BCUT2D eigenvalue weighted by Crippen LogP contribution is -2.11. The average Bonchev–Trinajstić information content (AvgIpc) is 2.76. The second-order valence-electron chi connectivity index (χ2n) is 6.35. The van der Waals surface area contributed by atoms with Crippen molar-refractivity contribution in [1.29, 1.82) is 0 Å². The molecule has 4 nitrogen and oxygen atoms in total. The molecule has 2 rings (SSSR count). The van der Waals surface area contributed by atoms with Gasteiger partial charge in [-0.1, -0.05) is 34.6 Å². The van der Waals surface area contributed by atoms with Crippen LogP contribution in [0.2, 0.25) is 0 Å². The summed E-state index contributed by atoms with van der Waals surface area (Å²) in [5, 5.41) is 3.20. The Balaban J connectivity index is 2.24. The number of nitrogen functional groups attached to an aromatic ring is 1. The molecule has 0 aliphatic carbocycles. The highest BCUT2D eigenvalue weighted by Gasteiger charge is 2.18. The first kappa shape index (κ1) is 14.9. The van der Waals surface area contributed by atoms with Crippen LogP contribution < -0.4 is 5.73 Å². The van der Waals surface area contributed by atoms with E-state index in [2.05, 4.69) is 50.0 Å². The van der Waals surface area contributed by atoms with E-state index < -0.39 is 0 Å². The molecular weight excluding hydrogens is 268 g/mol. The minimum Gasteiger partial charge on any atom is -0.384 e. The predicted molar refractivity (Wildman–Crippen MR) is 84.2 cm³/mol. The molecule has 108 valence electrons. The summed E-state index contributed by atoms with van der Waals surface area (Å²) >= 11 is 1.68. The van der Waals surface area contributed by atoms with Crippen LogP contribution in [0.25, 0.3) is 0 Å². The van der Waals surface area contributed by atoms with Crippen molar-refractivity contribution in [3.8, 4) is 0 Å². The highest BCUT2D eigenvalue weighted by atomic mass is 32.1. The number of nitrogens with zero attached hydrogens (tertiary/aromatic N) is 3. The first-order valence-electron chi connectivity index (χ1n) is 6.84. The van der Waals surface area contributed by atoms with Gasteiger partial charge in [-0.15, -0.1) is 11.3 Å². The molecule has 2 N–H and O–H groups in total. The van der Waals surface area contributed by atoms with Gasteiger partial charge >= 0.3 is 0 Å². The normalized spacial score (nSPS) is 12.1. The maximum Gasteiger partial charge on any atom is 0.133 e. The van der Waals surface area contributed by atoms with E-state index >= 15 is 0 Å². The van der Waals surface area contributed by atoms with Crippen molar-refractivity contribution in [2.75, 3.05) is 5.73 Å². The number of rotatable bonds is 3. The average molecular weight is 290 g/mol. The quantitative estimate of drug-likeness (QED) is 0.939. The van der Waals surface area contributed by atoms with Crippen molar-refractivity contribution < 1.29 is 0 Å². The Morgan fingerprint density at radius 2 is 1.90 bits per heavy atom. The zero-order valence-corrected chi connectivity index (χ0v) is 13.6. The monoisotopic (exact) mass is 290 g/mol. The molecule has 0 aromatic carbocycles. The minimum atomic E-state index is 0.0859. The maximum atomic E-state index is 5.86. The number of anilines is 1. The third-order valence-electron chi connectivity index (χ3n) is 2.99. The van der Waals surface area contributed by atoms with Crippen LogP contribution in [-0.4, -0.2) is 15.0 Å². The fourth-order valence-electron chi connectivity index (χ4n) is 1.78. The van der Waals surface area contributed by atoms with Crippen molar-refractivity contribution in [2.45, 2.75) is 52.4 Å². The van der Waals surface area contributed by atoms with Crippen molar-refractivity contribution >= 4 is 17.2 Å². The minimum absolute atomic E-state index is 0.0859. The number of nitrogens with two attached hydrogens (primary N) is 1. The fraction of sp³-hybridized carbons (Fsp3) is 0.533. The molecule has 0 bridgehead atoms. The zero-order valence-electron chi connectivity index (χ0n) is 12.8. The van der Waals surface area contributed by atoms with Crippen LogP contribution in [0.15, 0.2) is 11.4 Å². The summed E-state index contributed by atoms with van der Waals surface area (Å²) in [5.41, 5.74) is 8.01. The molecular formula is C15H22N4S. The molecule has 0 aliphatic heterocycles. The standard InChI is InChI=1S/C15H22N4S/c1-9(2)14-17-10(6-12(16)19-14)7-13-18-11(8-20-13)15(3,4)5/h6,8-9H,7H2,1-5H3,(H2,16,17,19). The molecule has 0 saturated carbocycles. The molecule has 2 heterocycles. The van der Waals surface area contributed by atoms with Gasteiger partial charge in [0.15, 0.2) is 0 Å². The van der Waals surface area contributed by atoms with Crippen molar-refractivity contribution in [2.24, 2.45) is 0 Å². The van der Waals surface area contributed by atoms with Gasteiger partial charge in [-0.05, 0) is 0 Å². The van der Waals surface area contributed by atoms with Gasteiger partial charge in [-0.3, -0.25) is 0 Å². The topological polar surface area (TPSA) is 64.7 Å². The van der Waals surface area contributed by atoms with Gasteiger partial charge in [-0.25, -0.2) is 15.0 Å². The molecule has 2 aromatic heterocycles. The van der Waals surface area contributed by atoms with Gasteiger partial charge in [0, 0.05) is 29.2 Å². The summed E-state index contributed by atoms with van der Waals surface area (Å²) < 4.78 is 0. The number of hydrogen-bond donors (Lipinski definition) is 1. The van der Waals surface area contributed by atoms with E-state index in [1.54, 1.807) is 11.3 Å². The van der Waals surface area contributed by atoms with E-state index in [9.17, 15) is 0 Å². The number of hydrogen-bond acceptors (Lipinski definition) is 5. The zero-order chi connectivity index (χ0) is 14.9. The Morgan fingerprint density at radius 3 is 2.45 bits per heavy atom. The Kier molecular flexibility index (Phi) is 4.09. The van der Waals surface area contributed by atoms with Crippen LogP contribution in [0.4, 0.5) is 5.82 Å². The van der Waals surface area contributed by atoms with Gasteiger partial charge < -0.3 is 5.73 Å². The molecule has 5 heteroatoms. The van der Waals surface area contributed by atoms with Crippen LogP contribution in [-0.2, 0) is 11.8 Å². The fourth-order valence-corrected chi connectivity index (χ4v) is 2.82. The van der Waals surface area contributed by atoms with Gasteiger partial charge in [0.1, 0.15) is 11.6 Å². The van der Waals surface area contributed by atoms with E-state index in [1.807, 2.05) is 6.07 Å². The largest absolute Gasteiger partial charge is 0.384 e. The molecule has 20 heavy (non-hydrogen) atoms. The molecule has 2 aromatic rings. The smallest absolute Gasteiger partial charge is 0.133 e. The third kappa shape index (κ3) is 3.54. The first-order valence-corrected chi connectivity index (χ1v) is 7.72. The van der Waals surface area contributed by atoms with Crippen molar-refractivity contribution in [3.05, 3.63) is 33.7 Å². The van der Waals surface area contributed by atoms with Crippen molar-refractivity contribution in [3.63, 3.8) is 0 Å². The van der Waals surface area contributed by atoms with Gasteiger partial charge in [0.05, 0.1) is 16.4 Å². The van der Waals surface area contributed by atoms with E-state index in [0.29, 0.717) is 12.2 Å². The number of aromatic nitrogens is 3. The molecule has 0 spiro atoms. The summed E-state index contributed by atoms with van der Waals surface area (Å²) in [6.45, 7) is 10.7. The van der Waals surface area contributed by atoms with Crippen molar-refractivity contribution in [1.82, 2.24) is 15.0 Å². The van der Waals surface area contributed by atoms with Crippen LogP contribution in [0.1, 0.15) is 62.8 Å². The van der Waals surface area contributed by atoms with Crippen LogP contribution in [0, 0.1) is 0 Å². The molecule has 0 fully saturated rings. The lowest BCUT2D eigenvalue weighted by atomic mass is 9.93. The molecule has 0 unspecified atom stereocenters. The lowest BCUT2D eigenvalue weighted by molar-refractivity contribution is 0.571. The summed E-state index contributed by atoms with van der Waals surface area (Å²) in [4.78, 5) is 13.5. The third-order valence-corrected chi connectivity index (χ3v) is 3.83. The van der Waals surface area contributed by atoms with E-state index in [-0.39, 0.29) is 11.3 Å². The van der Waals surface area contributed by atoms with Gasteiger partial charge in [0.2, 0.25) is 0 Å². The second-order valence-corrected chi connectivity index (χ2v) is 7.29. The maximum absolute atomic E-state index is 5.86. The Bertz CT molecular complexity index is 596. The highest BCUT2D eigenvalue weighted by Crippen LogP contribution is 2.25. The summed E-state index contributed by atoms with van der Waals surface area (Å²) in [7, 11) is 0. The lowest BCUT2D eigenvalue weighted by Gasteiger charge is -2.14. The number of thiazole rings is 1. The second kappa shape index (κ2) is 5.48. The molecule has 0 saturated heterocycles. The summed E-state index contributed by atoms with van der Waals surface area (Å²) in [6.07, 6.45) is 0.715. The molecule has 0 radical (unpaired) electrons. The molecule has 0 amide bonds. The van der Waals surface area contributed by atoms with Crippen LogP contribution in [0.5, 0.6) is 0 Å². The Morgan fingerprint density at radius 1 is 1.20 bits per heavy atom. The highest BCUT2D eigenvalue weighted by molar-refractivity contribution is 7.09. The van der Waals surface area contributed by atoms with Gasteiger partial charge in [0.25, 0.3) is 0 Å². The summed E-state index contributed by atoms with van der Waals surface area (Å²) in [6, 6.07) is 1.84. The molecule has 0 aliphatic rings. The Hall–Kier alpha value is -1.49. The Labute approximate surface area is 124 Å². The van der Waals surface area contributed by atoms with Gasteiger partial charge in [-0.2, -0.15) is 0 Å². The predicted octanol–water partition coefficient (Wildman–Crippen LogP) is 3.53.